The number of nitrogens with one attached hydrogen (secondary N) is 2. The number of rotatable bonds is 8. The first-order valence-electron chi connectivity index (χ1n) is 9.65. The van der Waals surface area contributed by atoms with E-state index in [4.69, 9.17) is 9.84 Å². The predicted molar refractivity (Wildman–Crippen MR) is 119 cm³/mol. The van der Waals surface area contributed by atoms with Crippen molar-refractivity contribution in [3.8, 4) is 5.75 Å². The highest BCUT2D eigenvalue weighted by atomic mass is 127. The van der Waals surface area contributed by atoms with Crippen LogP contribution < -0.4 is 15.4 Å². The fourth-order valence-electron chi connectivity index (χ4n) is 3.27. The molecule has 2 aromatic rings. The van der Waals surface area contributed by atoms with Crippen LogP contribution in [0.5, 0.6) is 5.75 Å². The van der Waals surface area contributed by atoms with E-state index in [1.807, 2.05) is 18.2 Å². The van der Waals surface area contributed by atoms with Crippen LogP contribution in [-0.2, 0) is 11.3 Å². The first-order valence-corrected chi connectivity index (χ1v) is 10.7. The summed E-state index contributed by atoms with van der Waals surface area (Å²) in [4.78, 5) is 12.5. The summed E-state index contributed by atoms with van der Waals surface area (Å²) in [5, 5.41) is 25.7. The molecule has 30 heavy (non-hydrogen) atoms. The molecule has 1 aliphatic carbocycles. The molecule has 2 aromatic carbocycles. The molecule has 1 amide bonds. The molecule has 0 saturated carbocycles. The van der Waals surface area contributed by atoms with Crippen molar-refractivity contribution < 1.29 is 24.1 Å². The number of carbonyl (C=O) groups excluding carboxylic acids is 1. The Kier molecular flexibility index (Phi) is 8.20. The van der Waals surface area contributed by atoms with E-state index in [1.165, 1.54) is 6.07 Å². The zero-order chi connectivity index (χ0) is 21.5. The van der Waals surface area contributed by atoms with E-state index >= 15 is 0 Å². The van der Waals surface area contributed by atoms with E-state index in [-0.39, 0.29) is 37.8 Å². The highest BCUT2D eigenvalue weighted by molar-refractivity contribution is 14.1. The Hall–Kier alpha value is -2.01. The zero-order valence-electron chi connectivity index (χ0n) is 16.2. The Bertz CT molecular complexity index is 908. The van der Waals surface area contributed by atoms with E-state index in [1.54, 1.807) is 30.3 Å². The lowest BCUT2D eigenvalue weighted by Gasteiger charge is -2.34. The van der Waals surface area contributed by atoms with Crippen molar-refractivity contribution in [2.24, 2.45) is 0 Å². The van der Waals surface area contributed by atoms with E-state index in [0.717, 1.165) is 3.57 Å². The second kappa shape index (κ2) is 10.9. The molecular weight excluding hydrogens is 502 g/mol. The van der Waals surface area contributed by atoms with Gasteiger partial charge in [-0.1, -0.05) is 30.3 Å². The van der Waals surface area contributed by atoms with Crippen LogP contribution in [-0.4, -0.2) is 47.5 Å². The van der Waals surface area contributed by atoms with Gasteiger partial charge in [0.05, 0.1) is 10.2 Å². The van der Waals surface area contributed by atoms with Gasteiger partial charge in [-0.3, -0.25) is 4.79 Å². The van der Waals surface area contributed by atoms with Crippen LogP contribution in [0.3, 0.4) is 0 Å². The van der Waals surface area contributed by atoms with Crippen LogP contribution >= 0.6 is 22.6 Å². The zero-order valence-corrected chi connectivity index (χ0v) is 18.4. The Morgan fingerprint density at radius 1 is 1.20 bits per heavy atom. The predicted octanol–water partition coefficient (Wildman–Crippen LogP) is 2.14. The quantitative estimate of drug-likeness (QED) is 0.396. The second-order valence-electron chi connectivity index (χ2n) is 6.96. The molecule has 160 valence electrons. The van der Waals surface area contributed by atoms with Crippen LogP contribution in [0.2, 0.25) is 0 Å². The van der Waals surface area contributed by atoms with Gasteiger partial charge in [0.2, 0.25) is 5.91 Å². The number of benzene rings is 2. The van der Waals surface area contributed by atoms with E-state index in [2.05, 4.69) is 33.2 Å². The van der Waals surface area contributed by atoms with Gasteiger partial charge in [0.1, 0.15) is 23.8 Å². The Balaban J connectivity index is 1.79. The van der Waals surface area contributed by atoms with Crippen molar-refractivity contribution in [3.63, 3.8) is 0 Å². The highest BCUT2D eigenvalue weighted by Crippen LogP contribution is 2.27. The Morgan fingerprint density at radius 2 is 1.93 bits per heavy atom. The van der Waals surface area contributed by atoms with Gasteiger partial charge in [0.15, 0.2) is 0 Å². The van der Waals surface area contributed by atoms with Gasteiger partial charge < -0.3 is 25.6 Å². The van der Waals surface area contributed by atoms with Crippen molar-refractivity contribution in [2.75, 3.05) is 13.2 Å². The smallest absolute Gasteiger partial charge is 0.247 e. The largest absolute Gasteiger partial charge is 0.482 e. The number of amides is 1. The maximum absolute atomic E-state index is 14.0. The normalized spacial score (nSPS) is 21.1. The first-order chi connectivity index (χ1) is 14.5. The van der Waals surface area contributed by atoms with Crippen molar-refractivity contribution >= 4 is 28.5 Å². The molecule has 0 aromatic heterocycles. The summed E-state index contributed by atoms with van der Waals surface area (Å²) in [5.74, 6) is -0.0633. The van der Waals surface area contributed by atoms with E-state index < -0.39 is 18.2 Å². The summed E-state index contributed by atoms with van der Waals surface area (Å²) in [7, 11) is 0. The number of para-hydroxylation sites is 1. The molecule has 3 unspecified atom stereocenters. The summed E-state index contributed by atoms with van der Waals surface area (Å²) in [5.41, 5.74) is 0.913. The van der Waals surface area contributed by atoms with Gasteiger partial charge in [-0.15, -0.1) is 0 Å². The third kappa shape index (κ3) is 5.78. The molecule has 0 fully saturated rings. The number of aliphatic hydroxyl groups is 2. The minimum atomic E-state index is -0.942. The number of ether oxygens (including phenoxy) is 1. The van der Waals surface area contributed by atoms with Crippen LogP contribution in [0.15, 0.2) is 60.2 Å². The molecule has 0 radical (unpaired) electrons. The number of aliphatic hydroxyl groups excluding tert-OH is 2. The average molecular weight is 526 g/mol. The number of hydrogen-bond acceptors (Lipinski definition) is 5. The second-order valence-corrected chi connectivity index (χ2v) is 8.12. The third-order valence-corrected chi connectivity index (χ3v) is 5.75. The summed E-state index contributed by atoms with van der Waals surface area (Å²) in [6, 6.07) is 13.3. The lowest BCUT2D eigenvalue weighted by atomic mass is 9.89. The summed E-state index contributed by atoms with van der Waals surface area (Å²) in [6.45, 7) is 0.169. The maximum atomic E-state index is 14.0. The SMILES string of the molecule is O=C(NCCO)C1=CC(Oc2ccccc2I)C(O)C(NCc2ccccc2F)C1. The molecule has 0 saturated heterocycles. The van der Waals surface area contributed by atoms with Crippen LogP contribution in [0.1, 0.15) is 12.0 Å². The van der Waals surface area contributed by atoms with Gasteiger partial charge >= 0.3 is 0 Å². The summed E-state index contributed by atoms with van der Waals surface area (Å²) >= 11 is 2.14. The fourth-order valence-corrected chi connectivity index (χ4v) is 3.78. The lowest BCUT2D eigenvalue weighted by molar-refractivity contribution is -0.118. The van der Waals surface area contributed by atoms with Crippen molar-refractivity contribution in [1.29, 1.82) is 0 Å². The monoisotopic (exact) mass is 526 g/mol. The van der Waals surface area contributed by atoms with E-state index in [0.29, 0.717) is 16.9 Å². The number of hydrogen-bond donors (Lipinski definition) is 4. The molecule has 3 rings (SSSR count). The van der Waals surface area contributed by atoms with Gasteiger partial charge in [-0.25, -0.2) is 4.39 Å². The van der Waals surface area contributed by atoms with Crippen molar-refractivity contribution in [1.82, 2.24) is 10.6 Å². The van der Waals surface area contributed by atoms with Crippen molar-refractivity contribution in [2.45, 2.75) is 31.2 Å². The van der Waals surface area contributed by atoms with Gasteiger partial charge in [-0.2, -0.15) is 0 Å². The summed E-state index contributed by atoms with van der Waals surface area (Å²) < 4.78 is 20.9. The molecule has 0 bridgehead atoms. The van der Waals surface area contributed by atoms with Crippen LogP contribution in [0, 0.1) is 9.39 Å². The fraction of sp³-hybridized carbons (Fsp3) is 0.318. The lowest BCUT2D eigenvalue weighted by Crippen LogP contribution is -2.51. The van der Waals surface area contributed by atoms with Gasteiger partial charge in [0, 0.05) is 30.3 Å². The Labute approximate surface area is 188 Å². The molecule has 8 heteroatoms. The number of carbonyl (C=O) groups is 1. The van der Waals surface area contributed by atoms with E-state index in [9.17, 15) is 14.3 Å². The molecule has 0 spiro atoms. The minimum Gasteiger partial charge on any atom is -0.482 e. The summed E-state index contributed by atoms with van der Waals surface area (Å²) in [6.07, 6.45) is 0.158. The van der Waals surface area contributed by atoms with Crippen molar-refractivity contribution in [3.05, 3.63) is 75.1 Å². The van der Waals surface area contributed by atoms with Crippen LogP contribution in [0.4, 0.5) is 4.39 Å². The molecule has 0 heterocycles. The molecule has 6 nitrogen and oxygen atoms in total. The minimum absolute atomic E-state index is 0.133. The third-order valence-electron chi connectivity index (χ3n) is 4.86. The Morgan fingerprint density at radius 3 is 2.67 bits per heavy atom. The molecule has 3 atom stereocenters. The standard InChI is InChI=1S/C22H24FIN2O4/c23-16-6-2-1-5-14(16)13-26-18-11-15(22(29)25-9-10-27)12-20(21(18)28)30-19-8-4-3-7-17(19)24/h1-8,12,18,20-21,26-28H,9-11,13H2,(H,25,29). The maximum Gasteiger partial charge on any atom is 0.247 e. The molecular formula is C22H24FIN2O4. The topological polar surface area (TPSA) is 90.8 Å². The average Bonchev–Trinajstić information content (AvgIpc) is 2.75. The van der Waals surface area contributed by atoms with Gasteiger partial charge in [0.25, 0.3) is 0 Å². The van der Waals surface area contributed by atoms with Crippen LogP contribution in [0.25, 0.3) is 0 Å². The molecule has 1 aliphatic rings. The molecule has 4 N–H and O–H groups in total. The van der Waals surface area contributed by atoms with Gasteiger partial charge in [-0.05, 0) is 53.3 Å². The highest BCUT2D eigenvalue weighted by Gasteiger charge is 2.35. The number of halogens is 2. The molecule has 0 aliphatic heterocycles. The first kappa shape index (κ1) is 22.7.